The SMILES string of the molecule is CCCC(NC(=O)C1CC(OC(C)(C)C)CN1C(=O)C(NC(=O)OC(C)(C)C)C1CCCCC1)C(=O)C(=O)NCCC(=O)OC(C)(C)C. The number of carbonyl (C=O) groups is 6. The van der Waals surface area contributed by atoms with Gasteiger partial charge in [-0.2, -0.15) is 0 Å². The third-order valence-corrected chi connectivity index (χ3v) is 7.90. The molecule has 0 aromatic carbocycles. The molecule has 0 bridgehead atoms. The molecule has 2 fully saturated rings. The Labute approximate surface area is 286 Å². The number of nitrogens with zero attached hydrogens (tertiary/aromatic N) is 1. The molecule has 13 nitrogen and oxygen atoms in total. The van der Waals surface area contributed by atoms with Gasteiger partial charge in [-0.15, -0.1) is 0 Å². The van der Waals surface area contributed by atoms with Crippen LogP contribution in [0.4, 0.5) is 4.79 Å². The summed E-state index contributed by atoms with van der Waals surface area (Å²) in [5.74, 6) is -3.42. The van der Waals surface area contributed by atoms with Crippen LogP contribution in [0.15, 0.2) is 0 Å². The molecule has 274 valence electrons. The normalized spacial score (nSPS) is 20.3. The minimum absolute atomic E-state index is 0.101. The van der Waals surface area contributed by atoms with Gasteiger partial charge < -0.3 is 35.1 Å². The molecule has 0 aromatic rings. The fraction of sp³-hybridized carbons (Fsp3) is 0.829. The predicted octanol–water partition coefficient (Wildman–Crippen LogP) is 3.95. The summed E-state index contributed by atoms with van der Waals surface area (Å²) in [4.78, 5) is 80.6. The van der Waals surface area contributed by atoms with Gasteiger partial charge in [0.15, 0.2) is 0 Å². The number of Topliss-reactive ketones (excluding diaryl/α,β-unsaturated/α-hetero) is 1. The zero-order valence-corrected chi connectivity index (χ0v) is 30.8. The van der Waals surface area contributed by atoms with Crippen LogP contribution in [-0.4, -0.2) is 94.6 Å². The molecule has 4 atom stereocenters. The Morgan fingerprint density at radius 2 is 1.42 bits per heavy atom. The van der Waals surface area contributed by atoms with E-state index in [4.69, 9.17) is 14.2 Å². The van der Waals surface area contributed by atoms with Gasteiger partial charge in [-0.3, -0.25) is 24.0 Å². The minimum atomic E-state index is -1.14. The van der Waals surface area contributed by atoms with E-state index in [0.717, 1.165) is 32.1 Å². The van der Waals surface area contributed by atoms with Gasteiger partial charge in [0, 0.05) is 19.5 Å². The molecule has 2 rings (SSSR count). The molecule has 0 spiro atoms. The van der Waals surface area contributed by atoms with Crippen molar-refractivity contribution in [3.8, 4) is 0 Å². The number of ether oxygens (including phenoxy) is 3. The number of nitrogens with one attached hydrogen (secondary N) is 3. The van der Waals surface area contributed by atoms with E-state index < -0.39 is 76.6 Å². The zero-order valence-electron chi connectivity index (χ0n) is 30.8. The standard InChI is InChI=1S/C35H60N4O9/c1-11-15-24(28(41)30(43)36-19-18-26(40)47-34(5,6)7)37-29(42)25-20-23(46-33(2,3)4)21-39(25)31(44)27(22-16-13-12-14-17-22)38-32(45)48-35(8,9)10/h22-25,27H,11-21H2,1-10H3,(H,36,43)(H,37,42)(H,38,45). The van der Waals surface area contributed by atoms with E-state index in [0.29, 0.717) is 6.42 Å². The molecule has 1 saturated carbocycles. The Kier molecular flexibility index (Phi) is 14.9. The lowest BCUT2D eigenvalue weighted by Crippen LogP contribution is -2.58. The minimum Gasteiger partial charge on any atom is -0.460 e. The van der Waals surface area contributed by atoms with Crippen molar-refractivity contribution in [3.63, 3.8) is 0 Å². The predicted molar refractivity (Wildman–Crippen MR) is 180 cm³/mol. The Balaban J connectivity index is 2.27. The summed E-state index contributed by atoms with van der Waals surface area (Å²) in [7, 11) is 0. The van der Waals surface area contributed by atoms with E-state index in [1.54, 1.807) is 41.5 Å². The van der Waals surface area contributed by atoms with Crippen molar-refractivity contribution < 1.29 is 43.0 Å². The molecule has 0 aromatic heterocycles. The van der Waals surface area contributed by atoms with E-state index in [1.807, 2.05) is 27.7 Å². The monoisotopic (exact) mass is 680 g/mol. The Bertz CT molecular complexity index is 1150. The summed E-state index contributed by atoms with van der Waals surface area (Å²) in [6.45, 7) is 17.9. The number of likely N-dealkylation sites (tertiary alicyclic amines) is 1. The number of amides is 4. The van der Waals surface area contributed by atoms with Crippen LogP contribution in [0.25, 0.3) is 0 Å². The molecule has 13 heteroatoms. The van der Waals surface area contributed by atoms with Gasteiger partial charge >= 0.3 is 12.1 Å². The molecule has 2 aliphatic rings. The van der Waals surface area contributed by atoms with Gasteiger partial charge in [0.25, 0.3) is 5.91 Å². The number of carbonyl (C=O) groups excluding carboxylic acids is 6. The van der Waals surface area contributed by atoms with E-state index in [-0.39, 0.29) is 38.3 Å². The van der Waals surface area contributed by atoms with Crippen LogP contribution in [0.1, 0.15) is 127 Å². The highest BCUT2D eigenvalue weighted by molar-refractivity contribution is 6.38. The third-order valence-electron chi connectivity index (χ3n) is 7.90. The summed E-state index contributed by atoms with van der Waals surface area (Å²) in [5.41, 5.74) is -2.00. The fourth-order valence-corrected chi connectivity index (χ4v) is 6.08. The second kappa shape index (κ2) is 17.4. The van der Waals surface area contributed by atoms with Crippen molar-refractivity contribution in [2.24, 2.45) is 5.92 Å². The number of ketones is 1. The summed E-state index contributed by atoms with van der Waals surface area (Å²) >= 11 is 0. The van der Waals surface area contributed by atoms with Gasteiger partial charge in [-0.1, -0.05) is 32.6 Å². The molecular weight excluding hydrogens is 620 g/mol. The maximum Gasteiger partial charge on any atom is 0.408 e. The quantitative estimate of drug-likeness (QED) is 0.193. The molecule has 4 amide bonds. The average Bonchev–Trinajstić information content (AvgIpc) is 3.35. The maximum atomic E-state index is 14.3. The Hall–Kier alpha value is -3.22. The molecule has 1 saturated heterocycles. The molecule has 1 heterocycles. The van der Waals surface area contributed by atoms with Crippen molar-refractivity contribution >= 4 is 35.6 Å². The first-order valence-corrected chi connectivity index (χ1v) is 17.4. The maximum absolute atomic E-state index is 14.3. The first-order chi connectivity index (χ1) is 22.1. The highest BCUT2D eigenvalue weighted by Crippen LogP contribution is 2.31. The number of esters is 1. The molecule has 48 heavy (non-hydrogen) atoms. The highest BCUT2D eigenvalue weighted by Gasteiger charge is 2.46. The van der Waals surface area contributed by atoms with Crippen molar-refractivity contribution in [3.05, 3.63) is 0 Å². The summed E-state index contributed by atoms with van der Waals surface area (Å²) < 4.78 is 16.9. The second-order valence-electron chi connectivity index (χ2n) is 15.9. The van der Waals surface area contributed by atoms with Crippen molar-refractivity contribution in [1.82, 2.24) is 20.9 Å². The van der Waals surface area contributed by atoms with Crippen LogP contribution >= 0.6 is 0 Å². The first kappa shape index (κ1) is 41.0. The number of hydrogen-bond acceptors (Lipinski definition) is 9. The van der Waals surface area contributed by atoms with E-state index >= 15 is 0 Å². The number of alkyl carbamates (subject to hydrolysis) is 1. The summed E-state index contributed by atoms with van der Waals surface area (Å²) in [5, 5.41) is 7.99. The highest BCUT2D eigenvalue weighted by atomic mass is 16.6. The van der Waals surface area contributed by atoms with Gasteiger partial charge in [-0.25, -0.2) is 4.79 Å². The van der Waals surface area contributed by atoms with Gasteiger partial charge in [-0.05, 0) is 87.5 Å². The van der Waals surface area contributed by atoms with E-state index in [2.05, 4.69) is 16.0 Å². The van der Waals surface area contributed by atoms with Crippen molar-refractivity contribution in [1.29, 1.82) is 0 Å². The lowest BCUT2D eigenvalue weighted by molar-refractivity contribution is -0.154. The molecular formula is C35H60N4O9. The van der Waals surface area contributed by atoms with E-state index in [9.17, 15) is 28.8 Å². The summed E-state index contributed by atoms with van der Waals surface area (Å²) in [6.07, 6.45) is 3.94. The average molecular weight is 681 g/mol. The molecule has 0 radical (unpaired) electrons. The largest absolute Gasteiger partial charge is 0.460 e. The van der Waals surface area contributed by atoms with Gasteiger partial charge in [0.05, 0.1) is 24.2 Å². The molecule has 4 unspecified atom stereocenters. The van der Waals surface area contributed by atoms with Crippen LogP contribution in [0.3, 0.4) is 0 Å². The number of hydrogen-bond donors (Lipinski definition) is 3. The van der Waals surface area contributed by atoms with Crippen LogP contribution in [0, 0.1) is 5.92 Å². The number of rotatable bonds is 13. The van der Waals surface area contributed by atoms with Crippen LogP contribution in [-0.2, 0) is 38.2 Å². The van der Waals surface area contributed by atoms with E-state index in [1.165, 1.54) is 4.90 Å². The zero-order chi connectivity index (χ0) is 36.4. The molecule has 3 N–H and O–H groups in total. The van der Waals surface area contributed by atoms with Crippen LogP contribution < -0.4 is 16.0 Å². The van der Waals surface area contributed by atoms with Crippen LogP contribution in [0.5, 0.6) is 0 Å². The topological polar surface area (TPSA) is 169 Å². The molecule has 1 aliphatic carbocycles. The molecule has 1 aliphatic heterocycles. The lowest BCUT2D eigenvalue weighted by atomic mass is 9.83. The van der Waals surface area contributed by atoms with Gasteiger partial charge in [0.2, 0.25) is 17.6 Å². The summed E-state index contributed by atoms with van der Waals surface area (Å²) in [6, 6.07) is -3.05. The fourth-order valence-electron chi connectivity index (χ4n) is 6.08. The Morgan fingerprint density at radius 3 is 1.96 bits per heavy atom. The first-order valence-electron chi connectivity index (χ1n) is 17.4. The van der Waals surface area contributed by atoms with Crippen molar-refractivity contribution in [2.45, 2.75) is 168 Å². The lowest BCUT2D eigenvalue weighted by Gasteiger charge is -2.35. The van der Waals surface area contributed by atoms with Crippen molar-refractivity contribution in [2.75, 3.05) is 13.1 Å². The second-order valence-corrected chi connectivity index (χ2v) is 15.9. The van der Waals surface area contributed by atoms with Gasteiger partial charge in [0.1, 0.15) is 23.3 Å². The third kappa shape index (κ3) is 14.1. The van der Waals surface area contributed by atoms with Crippen LogP contribution in [0.2, 0.25) is 0 Å². The Morgan fingerprint density at radius 1 is 0.812 bits per heavy atom. The smallest absolute Gasteiger partial charge is 0.408 e.